The maximum atomic E-state index is 5.50. The highest BCUT2D eigenvalue weighted by Gasteiger charge is 1.95. The van der Waals surface area contributed by atoms with Gasteiger partial charge in [-0.1, -0.05) is 26.2 Å². The van der Waals surface area contributed by atoms with Crippen LogP contribution in [0.25, 0.3) is 0 Å². The van der Waals surface area contributed by atoms with Crippen LogP contribution in [0.5, 0.6) is 0 Å². The van der Waals surface area contributed by atoms with Gasteiger partial charge in [-0.25, -0.2) is 0 Å². The molecule has 0 aliphatic carbocycles. The lowest BCUT2D eigenvalue weighted by molar-refractivity contribution is -0.0221. The van der Waals surface area contributed by atoms with Gasteiger partial charge in [-0.2, -0.15) is 0 Å². The summed E-state index contributed by atoms with van der Waals surface area (Å²) in [5.41, 5.74) is 0. The highest BCUT2D eigenvalue weighted by Crippen LogP contribution is 1.98. The maximum absolute atomic E-state index is 5.50. The van der Waals surface area contributed by atoms with E-state index in [0.717, 1.165) is 13.0 Å². The Hall–Kier alpha value is -0.320. The van der Waals surface area contributed by atoms with Gasteiger partial charge in [0.1, 0.15) is 0 Å². The Kier molecular flexibility index (Phi) is 27.4. The fraction of sp³-hybridized carbons (Fsp3) is 1.00. The molecule has 0 aromatic heterocycles. The summed E-state index contributed by atoms with van der Waals surface area (Å²) in [5.74, 6) is 0. The van der Waals surface area contributed by atoms with Crippen molar-refractivity contribution in [1.29, 1.82) is 0 Å². The third kappa shape index (κ3) is 27.7. The van der Waals surface area contributed by atoms with Crippen molar-refractivity contribution in [3.63, 3.8) is 0 Å². The lowest BCUT2D eigenvalue weighted by Crippen LogP contribution is -2.14. The fourth-order valence-electron chi connectivity index (χ4n) is 2.19. The first-order chi connectivity index (χ1) is 14.4. The van der Waals surface area contributed by atoms with Crippen molar-refractivity contribution in [2.24, 2.45) is 0 Å². The van der Waals surface area contributed by atoms with Crippen molar-refractivity contribution in [2.45, 2.75) is 32.6 Å². The molecule has 0 atom stereocenters. The van der Waals surface area contributed by atoms with Crippen molar-refractivity contribution in [3.05, 3.63) is 0 Å². The molecule has 0 spiro atoms. The Morgan fingerprint density at radius 2 is 0.655 bits per heavy atom. The summed E-state index contributed by atoms with van der Waals surface area (Å²) in [6.45, 7) is 11.1. The summed E-state index contributed by atoms with van der Waals surface area (Å²) in [7, 11) is 1.65. The minimum atomic E-state index is 0.551. The van der Waals surface area contributed by atoms with Crippen molar-refractivity contribution in [2.75, 3.05) is 106 Å². The van der Waals surface area contributed by atoms with Gasteiger partial charge in [0.15, 0.2) is 0 Å². The van der Waals surface area contributed by atoms with Gasteiger partial charge >= 0.3 is 0 Å². The normalized spacial score (nSPS) is 11.4. The second-order valence-corrected chi connectivity index (χ2v) is 6.34. The fourth-order valence-corrected chi connectivity index (χ4v) is 2.19. The van der Waals surface area contributed by atoms with Gasteiger partial charge in [-0.15, -0.1) is 0 Å². The SMILES string of the molecule is CCCCCCOCCOCCOCCOCCOCCOCCOCCOC. The molecule has 0 saturated heterocycles. The summed E-state index contributed by atoms with van der Waals surface area (Å²) in [5, 5.41) is 0. The quantitative estimate of drug-likeness (QED) is 0.196. The average molecular weight is 425 g/mol. The second-order valence-electron chi connectivity index (χ2n) is 6.34. The Bertz CT molecular complexity index is 255. The van der Waals surface area contributed by atoms with Gasteiger partial charge in [0.25, 0.3) is 0 Å². The van der Waals surface area contributed by atoms with Gasteiger partial charge in [0.2, 0.25) is 0 Å². The van der Waals surface area contributed by atoms with Crippen molar-refractivity contribution >= 4 is 0 Å². The van der Waals surface area contributed by atoms with E-state index >= 15 is 0 Å². The minimum absolute atomic E-state index is 0.551. The summed E-state index contributed by atoms with van der Waals surface area (Å²) < 4.78 is 42.8. The van der Waals surface area contributed by atoms with Gasteiger partial charge in [0, 0.05) is 13.7 Å². The largest absolute Gasteiger partial charge is 0.382 e. The van der Waals surface area contributed by atoms with Crippen LogP contribution in [0.15, 0.2) is 0 Å². The predicted molar refractivity (Wildman–Crippen MR) is 112 cm³/mol. The molecule has 8 heteroatoms. The first kappa shape index (κ1) is 28.7. The first-order valence-electron chi connectivity index (χ1n) is 10.9. The third-order valence-corrected chi connectivity index (χ3v) is 3.81. The molecule has 0 N–H and O–H groups in total. The van der Waals surface area contributed by atoms with E-state index in [4.69, 9.17) is 37.9 Å². The highest BCUT2D eigenvalue weighted by molar-refractivity contribution is 4.40. The number of unbranched alkanes of at least 4 members (excludes halogenated alkanes) is 3. The number of ether oxygens (including phenoxy) is 8. The van der Waals surface area contributed by atoms with E-state index in [9.17, 15) is 0 Å². The second kappa shape index (κ2) is 27.7. The lowest BCUT2D eigenvalue weighted by atomic mass is 10.2. The molecule has 0 rings (SSSR count). The Morgan fingerprint density at radius 1 is 0.345 bits per heavy atom. The van der Waals surface area contributed by atoms with Gasteiger partial charge in [0.05, 0.1) is 92.5 Å². The van der Waals surface area contributed by atoms with Crippen molar-refractivity contribution < 1.29 is 37.9 Å². The summed E-state index contributed by atoms with van der Waals surface area (Å²) in [4.78, 5) is 0. The van der Waals surface area contributed by atoms with Crippen LogP contribution in [0, 0.1) is 0 Å². The molecule has 0 aliphatic heterocycles. The Labute approximate surface area is 177 Å². The van der Waals surface area contributed by atoms with Crippen molar-refractivity contribution in [1.82, 2.24) is 0 Å². The van der Waals surface area contributed by atoms with E-state index in [0.29, 0.717) is 92.5 Å². The molecule has 0 aromatic rings. The van der Waals surface area contributed by atoms with Crippen LogP contribution < -0.4 is 0 Å². The zero-order chi connectivity index (χ0) is 21.1. The van der Waals surface area contributed by atoms with Crippen LogP contribution in [0.1, 0.15) is 32.6 Å². The van der Waals surface area contributed by atoms with E-state index < -0.39 is 0 Å². The maximum Gasteiger partial charge on any atom is 0.0701 e. The van der Waals surface area contributed by atoms with Crippen LogP contribution in [0.3, 0.4) is 0 Å². The molecule has 0 aliphatic rings. The number of methoxy groups -OCH3 is 1. The Morgan fingerprint density at radius 3 is 0.966 bits per heavy atom. The topological polar surface area (TPSA) is 73.8 Å². The summed E-state index contributed by atoms with van der Waals surface area (Å²) in [6, 6.07) is 0. The lowest BCUT2D eigenvalue weighted by Gasteiger charge is -2.08. The molecular formula is C21H44O8. The number of hydrogen-bond donors (Lipinski definition) is 0. The molecule has 29 heavy (non-hydrogen) atoms. The first-order valence-corrected chi connectivity index (χ1v) is 10.9. The monoisotopic (exact) mass is 424 g/mol. The van der Waals surface area contributed by atoms with E-state index in [1.54, 1.807) is 7.11 Å². The molecule has 176 valence electrons. The highest BCUT2D eigenvalue weighted by atomic mass is 16.6. The van der Waals surface area contributed by atoms with E-state index in [2.05, 4.69) is 6.92 Å². The van der Waals surface area contributed by atoms with Gasteiger partial charge in [-0.3, -0.25) is 0 Å². The predicted octanol–water partition coefficient (Wildman–Crippen LogP) is 2.33. The zero-order valence-electron chi connectivity index (χ0n) is 18.7. The molecule has 0 radical (unpaired) electrons. The van der Waals surface area contributed by atoms with Crippen LogP contribution in [-0.4, -0.2) is 106 Å². The van der Waals surface area contributed by atoms with E-state index in [1.165, 1.54) is 19.3 Å². The number of hydrogen-bond acceptors (Lipinski definition) is 8. The molecule has 0 saturated carbocycles. The van der Waals surface area contributed by atoms with Crippen LogP contribution in [-0.2, 0) is 37.9 Å². The van der Waals surface area contributed by atoms with Gasteiger partial charge < -0.3 is 37.9 Å². The molecule has 0 aromatic carbocycles. The molecule has 8 nitrogen and oxygen atoms in total. The molecule has 0 bridgehead atoms. The number of rotatable bonds is 26. The third-order valence-electron chi connectivity index (χ3n) is 3.81. The molecule has 0 fully saturated rings. The summed E-state index contributed by atoms with van der Waals surface area (Å²) in [6.07, 6.45) is 4.93. The van der Waals surface area contributed by atoms with Crippen LogP contribution >= 0.6 is 0 Å². The summed E-state index contributed by atoms with van der Waals surface area (Å²) >= 11 is 0. The van der Waals surface area contributed by atoms with Gasteiger partial charge in [-0.05, 0) is 6.42 Å². The van der Waals surface area contributed by atoms with E-state index in [-0.39, 0.29) is 0 Å². The van der Waals surface area contributed by atoms with E-state index in [1.807, 2.05) is 0 Å². The minimum Gasteiger partial charge on any atom is -0.382 e. The van der Waals surface area contributed by atoms with Crippen LogP contribution in [0.2, 0.25) is 0 Å². The molecule has 0 unspecified atom stereocenters. The smallest absolute Gasteiger partial charge is 0.0701 e. The molecular weight excluding hydrogens is 380 g/mol. The molecule has 0 amide bonds. The molecule has 0 heterocycles. The van der Waals surface area contributed by atoms with Crippen LogP contribution in [0.4, 0.5) is 0 Å². The Balaban J connectivity index is 2.97. The average Bonchev–Trinajstić information content (AvgIpc) is 2.74. The standard InChI is InChI=1S/C21H44O8/c1-3-4-5-6-7-23-10-11-25-14-15-27-18-19-29-21-20-28-17-16-26-13-12-24-9-8-22-2/h3-21H2,1-2H3. The zero-order valence-corrected chi connectivity index (χ0v) is 18.7. The van der Waals surface area contributed by atoms with Crippen molar-refractivity contribution in [3.8, 4) is 0 Å².